The van der Waals surface area contributed by atoms with E-state index in [9.17, 15) is 9.18 Å². The maximum Gasteiger partial charge on any atom is 0.323 e. The molecule has 0 unspecified atom stereocenters. The second-order valence-electron chi connectivity index (χ2n) is 8.79. The summed E-state index contributed by atoms with van der Waals surface area (Å²) in [6.07, 6.45) is 6.57. The molecule has 1 aliphatic carbocycles. The average molecular weight is 492 g/mol. The molecule has 0 radical (unpaired) electrons. The topological polar surface area (TPSA) is 37.3 Å². The van der Waals surface area contributed by atoms with E-state index in [-0.39, 0.29) is 17.8 Å². The molecule has 0 spiro atoms. The lowest BCUT2D eigenvalue weighted by atomic mass is 9.95. The summed E-state index contributed by atoms with van der Waals surface area (Å²) in [7, 11) is 0. The van der Waals surface area contributed by atoms with Gasteiger partial charge in [0.1, 0.15) is 10.8 Å². The number of benzene rings is 2. The van der Waals surface area contributed by atoms with Crippen LogP contribution in [-0.4, -0.2) is 15.5 Å². The molecule has 4 aromatic rings. The van der Waals surface area contributed by atoms with E-state index in [1.807, 2.05) is 46.6 Å². The zero-order chi connectivity index (χ0) is 23.2. The van der Waals surface area contributed by atoms with Crippen LogP contribution in [0.5, 0.6) is 0 Å². The van der Waals surface area contributed by atoms with Gasteiger partial charge >= 0.3 is 6.03 Å². The molecule has 1 atom stereocenters. The Hall–Kier alpha value is -3.09. The number of nitrogens with one attached hydrogen (secondary N) is 1. The van der Waals surface area contributed by atoms with Crippen molar-refractivity contribution in [2.45, 2.75) is 38.3 Å². The van der Waals surface area contributed by atoms with Crippen molar-refractivity contribution >= 4 is 34.7 Å². The van der Waals surface area contributed by atoms with Crippen LogP contribution in [0, 0.1) is 5.82 Å². The number of carbonyl (C=O) groups excluding carboxylic acids is 1. The van der Waals surface area contributed by atoms with Crippen molar-refractivity contribution < 1.29 is 9.18 Å². The standard InChI is InChI=1S/C27H23ClFN3OS/c28-18-13-11-17(12-14-18)25-23-9-5-15-31(23)26-20(19-6-1-4-10-24(19)34-26)16-32(25)27(33)30-22-8-3-2-7-21(22)29/h2-3,5,7-9,11-15,25H,1,4,6,10,16H2,(H,30,33)/t25-/m0/s1. The van der Waals surface area contributed by atoms with Crippen molar-refractivity contribution in [1.29, 1.82) is 0 Å². The first kappa shape index (κ1) is 21.4. The number of anilines is 1. The third-order valence-corrected chi connectivity index (χ3v) is 8.33. The largest absolute Gasteiger partial charge is 0.323 e. The van der Waals surface area contributed by atoms with E-state index in [0.717, 1.165) is 30.5 Å². The molecule has 34 heavy (non-hydrogen) atoms. The van der Waals surface area contributed by atoms with E-state index in [1.165, 1.54) is 33.5 Å². The van der Waals surface area contributed by atoms with Crippen LogP contribution < -0.4 is 5.32 Å². The molecule has 1 N–H and O–H groups in total. The molecule has 172 valence electrons. The molecule has 2 aromatic carbocycles. The Morgan fingerprint density at radius 3 is 2.62 bits per heavy atom. The van der Waals surface area contributed by atoms with Crippen molar-refractivity contribution in [2.75, 3.05) is 5.32 Å². The van der Waals surface area contributed by atoms with Gasteiger partial charge in [-0.05, 0) is 73.2 Å². The highest BCUT2D eigenvalue weighted by molar-refractivity contribution is 7.15. The number of urea groups is 1. The van der Waals surface area contributed by atoms with E-state index in [1.54, 1.807) is 18.2 Å². The molecule has 0 bridgehead atoms. The van der Waals surface area contributed by atoms with Gasteiger partial charge in [-0.3, -0.25) is 0 Å². The Morgan fingerprint density at radius 2 is 1.79 bits per heavy atom. The summed E-state index contributed by atoms with van der Waals surface area (Å²) in [5.74, 6) is -0.453. The molecule has 4 nitrogen and oxygen atoms in total. The van der Waals surface area contributed by atoms with Gasteiger partial charge < -0.3 is 14.8 Å². The zero-order valence-electron chi connectivity index (χ0n) is 18.4. The van der Waals surface area contributed by atoms with Crippen molar-refractivity contribution in [1.82, 2.24) is 9.47 Å². The molecule has 2 aliphatic rings. The predicted molar refractivity (Wildman–Crippen MR) is 135 cm³/mol. The van der Waals surface area contributed by atoms with Crippen LogP contribution in [0.15, 0.2) is 66.9 Å². The lowest BCUT2D eigenvalue weighted by Gasteiger charge is -2.31. The fourth-order valence-corrected chi connectivity index (χ4v) is 6.66. The molecule has 0 fully saturated rings. The fraction of sp³-hybridized carbons (Fsp3) is 0.222. The van der Waals surface area contributed by atoms with Crippen molar-refractivity contribution in [2.24, 2.45) is 0 Å². The smallest absolute Gasteiger partial charge is 0.310 e. The van der Waals surface area contributed by atoms with Gasteiger partial charge in [-0.2, -0.15) is 0 Å². The molecular weight excluding hydrogens is 469 g/mol. The molecule has 1 aliphatic heterocycles. The second kappa shape index (κ2) is 8.60. The molecule has 2 aromatic heterocycles. The van der Waals surface area contributed by atoms with Crippen molar-refractivity contribution in [3.05, 3.63) is 105 Å². The van der Waals surface area contributed by atoms with E-state index in [2.05, 4.69) is 22.1 Å². The van der Waals surface area contributed by atoms with Gasteiger partial charge in [0.15, 0.2) is 0 Å². The average Bonchev–Trinajstić information content (AvgIpc) is 3.43. The molecule has 2 amide bonds. The van der Waals surface area contributed by atoms with E-state index in [0.29, 0.717) is 11.6 Å². The third-order valence-electron chi connectivity index (χ3n) is 6.74. The molecule has 3 heterocycles. The lowest BCUT2D eigenvalue weighted by molar-refractivity contribution is 0.194. The van der Waals surface area contributed by atoms with Crippen molar-refractivity contribution in [3.8, 4) is 5.00 Å². The third kappa shape index (κ3) is 3.62. The van der Waals surface area contributed by atoms with Crippen LogP contribution >= 0.6 is 22.9 Å². The molecule has 6 rings (SSSR count). The Morgan fingerprint density at radius 1 is 1.00 bits per heavy atom. The highest BCUT2D eigenvalue weighted by Gasteiger charge is 2.36. The molecule has 0 saturated heterocycles. The summed E-state index contributed by atoms with van der Waals surface area (Å²) >= 11 is 8.02. The SMILES string of the molecule is O=C(Nc1ccccc1F)N1Cc2c(sc3c2CCCC3)-n2cccc2[C@@H]1c1ccc(Cl)cc1. The Labute approximate surface area is 206 Å². The summed E-state index contributed by atoms with van der Waals surface area (Å²) in [6, 6.07) is 17.3. The number of carbonyl (C=O) groups is 1. The van der Waals surface area contributed by atoms with Gasteiger partial charge in [0, 0.05) is 21.7 Å². The van der Waals surface area contributed by atoms with Gasteiger partial charge in [0.25, 0.3) is 0 Å². The number of hydrogen-bond acceptors (Lipinski definition) is 2. The van der Waals surface area contributed by atoms with Crippen molar-refractivity contribution in [3.63, 3.8) is 0 Å². The Balaban J connectivity index is 1.51. The Bertz CT molecular complexity index is 1380. The minimum absolute atomic E-state index is 0.176. The van der Waals surface area contributed by atoms with Crippen LogP contribution in [0.25, 0.3) is 5.00 Å². The number of nitrogens with zero attached hydrogens (tertiary/aromatic N) is 2. The van der Waals surface area contributed by atoms with Crippen LogP contribution in [0.3, 0.4) is 0 Å². The molecular formula is C27H23ClFN3OS. The fourth-order valence-electron chi connectivity index (χ4n) is 5.13. The second-order valence-corrected chi connectivity index (χ2v) is 10.3. The lowest BCUT2D eigenvalue weighted by Crippen LogP contribution is -2.38. The zero-order valence-corrected chi connectivity index (χ0v) is 20.0. The summed E-state index contributed by atoms with van der Waals surface area (Å²) in [6.45, 7) is 0.455. The number of amides is 2. The van der Waals surface area contributed by atoms with Gasteiger partial charge in [0.05, 0.1) is 24.0 Å². The number of hydrogen-bond donors (Lipinski definition) is 1. The maximum absolute atomic E-state index is 14.4. The van der Waals surface area contributed by atoms with Crippen LogP contribution in [0.4, 0.5) is 14.9 Å². The summed E-state index contributed by atoms with van der Waals surface area (Å²) < 4.78 is 16.6. The maximum atomic E-state index is 14.4. The van der Waals surface area contributed by atoms with Gasteiger partial charge in [-0.15, -0.1) is 11.3 Å². The van der Waals surface area contributed by atoms with Crippen LogP contribution in [-0.2, 0) is 19.4 Å². The molecule has 0 saturated carbocycles. The summed E-state index contributed by atoms with van der Waals surface area (Å²) in [5.41, 5.74) is 4.72. The number of aromatic nitrogens is 1. The minimum atomic E-state index is -0.453. The number of halogens is 2. The van der Waals surface area contributed by atoms with Crippen LogP contribution in [0.1, 0.15) is 46.1 Å². The number of aryl methyl sites for hydroxylation is 1. The normalized spacial score (nSPS) is 16.9. The first-order valence-electron chi connectivity index (χ1n) is 11.5. The first-order chi connectivity index (χ1) is 16.6. The molecule has 7 heteroatoms. The van der Waals surface area contributed by atoms with E-state index >= 15 is 0 Å². The number of para-hydroxylation sites is 1. The summed E-state index contributed by atoms with van der Waals surface area (Å²) in [5, 5.41) is 4.65. The monoisotopic (exact) mass is 491 g/mol. The van der Waals surface area contributed by atoms with Crippen LogP contribution in [0.2, 0.25) is 5.02 Å². The summed E-state index contributed by atoms with van der Waals surface area (Å²) in [4.78, 5) is 17.0. The number of thiophene rings is 1. The van der Waals surface area contributed by atoms with Gasteiger partial charge in [0.2, 0.25) is 0 Å². The predicted octanol–water partition coefficient (Wildman–Crippen LogP) is 7.35. The van der Waals surface area contributed by atoms with E-state index < -0.39 is 5.82 Å². The first-order valence-corrected chi connectivity index (χ1v) is 12.7. The Kier molecular flexibility index (Phi) is 5.42. The minimum Gasteiger partial charge on any atom is -0.310 e. The highest BCUT2D eigenvalue weighted by atomic mass is 35.5. The number of rotatable bonds is 2. The van der Waals surface area contributed by atoms with Gasteiger partial charge in [-0.25, -0.2) is 9.18 Å². The van der Waals surface area contributed by atoms with Gasteiger partial charge in [-0.1, -0.05) is 35.9 Å². The quantitative estimate of drug-likeness (QED) is 0.313. The number of fused-ring (bicyclic) bond motifs is 5. The highest BCUT2D eigenvalue weighted by Crippen LogP contribution is 2.44. The van der Waals surface area contributed by atoms with E-state index in [4.69, 9.17) is 11.6 Å².